The van der Waals surface area contributed by atoms with Crippen LogP contribution in [-0.2, 0) is 9.53 Å². The third-order valence-electron chi connectivity index (χ3n) is 4.50. The van der Waals surface area contributed by atoms with Gasteiger partial charge >= 0.3 is 0 Å². The van der Waals surface area contributed by atoms with Gasteiger partial charge in [0.1, 0.15) is 11.5 Å². The van der Waals surface area contributed by atoms with Gasteiger partial charge in [0.25, 0.3) is 0 Å². The Kier molecular flexibility index (Phi) is 7.30. The Hall–Kier alpha value is -2.35. The number of morpholine rings is 1. The lowest BCUT2D eigenvalue weighted by Crippen LogP contribution is -2.36. The minimum atomic E-state index is -0.252. The molecule has 1 amide bonds. The summed E-state index contributed by atoms with van der Waals surface area (Å²) < 4.78 is 15.9. The fourth-order valence-electron chi connectivity index (χ4n) is 3.06. The van der Waals surface area contributed by atoms with Gasteiger partial charge < -0.3 is 29.7 Å². The molecule has 0 atom stereocenters. The van der Waals surface area contributed by atoms with Crippen LogP contribution in [0.15, 0.2) is 30.3 Å². The van der Waals surface area contributed by atoms with Crippen molar-refractivity contribution >= 4 is 46.2 Å². The normalized spacial score (nSPS) is 13.7. The lowest BCUT2D eigenvalue weighted by molar-refractivity contribution is -0.114. The van der Waals surface area contributed by atoms with Crippen LogP contribution in [0.25, 0.3) is 0 Å². The Bertz CT molecular complexity index is 873. The van der Waals surface area contributed by atoms with Gasteiger partial charge in [-0.2, -0.15) is 0 Å². The van der Waals surface area contributed by atoms with Crippen molar-refractivity contribution in [1.82, 2.24) is 0 Å². The predicted molar refractivity (Wildman–Crippen MR) is 116 cm³/mol. The van der Waals surface area contributed by atoms with E-state index in [9.17, 15) is 4.79 Å². The van der Waals surface area contributed by atoms with Crippen LogP contribution in [-0.4, -0.2) is 53.0 Å². The SMILES string of the molecule is COc1cc(OC)c(NC(=O)CNc2cc(Cl)ccc2N2CCOCC2)cc1Cl. The highest BCUT2D eigenvalue weighted by Gasteiger charge is 2.17. The first-order valence-corrected chi connectivity index (χ1v) is 9.85. The first kappa shape index (κ1) is 21.4. The summed E-state index contributed by atoms with van der Waals surface area (Å²) >= 11 is 12.3. The molecule has 1 saturated heterocycles. The Morgan fingerprint density at radius 3 is 2.48 bits per heavy atom. The molecule has 1 aliphatic rings. The molecule has 1 aliphatic heterocycles. The van der Waals surface area contributed by atoms with Crippen LogP contribution >= 0.6 is 23.2 Å². The monoisotopic (exact) mass is 439 g/mol. The molecule has 1 fully saturated rings. The number of hydrogen-bond acceptors (Lipinski definition) is 6. The van der Waals surface area contributed by atoms with Gasteiger partial charge in [-0.1, -0.05) is 23.2 Å². The summed E-state index contributed by atoms with van der Waals surface area (Å²) in [5.74, 6) is 0.669. The lowest BCUT2D eigenvalue weighted by atomic mass is 10.2. The Balaban J connectivity index is 1.70. The number of carbonyl (C=O) groups excluding carboxylic acids is 1. The predicted octanol–water partition coefficient (Wildman–Crippen LogP) is 3.90. The van der Waals surface area contributed by atoms with Crippen molar-refractivity contribution in [2.75, 3.05) is 62.6 Å². The van der Waals surface area contributed by atoms with Gasteiger partial charge in [-0.3, -0.25) is 4.79 Å². The number of amides is 1. The van der Waals surface area contributed by atoms with Crippen molar-refractivity contribution in [3.63, 3.8) is 0 Å². The van der Waals surface area contributed by atoms with Gasteiger partial charge in [0, 0.05) is 24.2 Å². The van der Waals surface area contributed by atoms with Gasteiger partial charge in [0.15, 0.2) is 0 Å². The maximum Gasteiger partial charge on any atom is 0.243 e. The highest BCUT2D eigenvalue weighted by molar-refractivity contribution is 6.32. The minimum absolute atomic E-state index is 0.0461. The molecule has 0 bridgehead atoms. The van der Waals surface area contributed by atoms with E-state index in [1.165, 1.54) is 14.2 Å². The maximum atomic E-state index is 12.5. The first-order chi connectivity index (χ1) is 14.0. The third kappa shape index (κ3) is 5.38. The summed E-state index contributed by atoms with van der Waals surface area (Å²) in [5.41, 5.74) is 2.23. The zero-order chi connectivity index (χ0) is 20.8. The molecular formula is C20H23Cl2N3O4. The average Bonchev–Trinajstić information content (AvgIpc) is 2.73. The van der Waals surface area contributed by atoms with Crippen molar-refractivity contribution in [2.24, 2.45) is 0 Å². The fraction of sp³-hybridized carbons (Fsp3) is 0.350. The molecule has 2 aromatic rings. The molecule has 0 aromatic heterocycles. The van der Waals surface area contributed by atoms with E-state index < -0.39 is 0 Å². The number of nitrogens with zero attached hydrogens (tertiary/aromatic N) is 1. The number of halogens is 2. The molecule has 2 aromatic carbocycles. The second kappa shape index (κ2) is 9.91. The van der Waals surface area contributed by atoms with E-state index in [0.717, 1.165) is 24.5 Å². The van der Waals surface area contributed by atoms with Crippen LogP contribution in [0.5, 0.6) is 11.5 Å². The van der Waals surface area contributed by atoms with Crippen molar-refractivity contribution in [3.05, 3.63) is 40.4 Å². The van der Waals surface area contributed by atoms with Crippen LogP contribution in [0, 0.1) is 0 Å². The largest absolute Gasteiger partial charge is 0.495 e. The zero-order valence-corrected chi connectivity index (χ0v) is 17.8. The molecule has 0 unspecified atom stereocenters. The number of ether oxygens (including phenoxy) is 3. The lowest BCUT2D eigenvalue weighted by Gasteiger charge is -2.30. The number of benzene rings is 2. The molecule has 0 saturated carbocycles. The van der Waals surface area contributed by atoms with Crippen molar-refractivity contribution in [2.45, 2.75) is 0 Å². The third-order valence-corrected chi connectivity index (χ3v) is 5.03. The molecule has 0 spiro atoms. The molecule has 2 N–H and O–H groups in total. The molecule has 9 heteroatoms. The highest BCUT2D eigenvalue weighted by Crippen LogP contribution is 2.36. The minimum Gasteiger partial charge on any atom is -0.495 e. The Morgan fingerprint density at radius 2 is 1.79 bits per heavy atom. The number of rotatable bonds is 7. The molecule has 0 radical (unpaired) electrons. The van der Waals surface area contributed by atoms with Crippen molar-refractivity contribution in [3.8, 4) is 11.5 Å². The number of methoxy groups -OCH3 is 2. The van der Waals surface area contributed by atoms with E-state index in [0.29, 0.717) is 40.4 Å². The summed E-state index contributed by atoms with van der Waals surface area (Å²) in [5, 5.41) is 6.94. The van der Waals surface area contributed by atoms with Crippen LogP contribution < -0.4 is 25.0 Å². The quantitative estimate of drug-likeness (QED) is 0.681. The summed E-state index contributed by atoms with van der Waals surface area (Å²) in [7, 11) is 3.02. The molecule has 7 nitrogen and oxygen atoms in total. The number of hydrogen-bond donors (Lipinski definition) is 2. The second-order valence-corrected chi connectivity index (χ2v) is 7.19. The summed E-state index contributed by atoms with van der Waals surface area (Å²) in [6, 6.07) is 8.81. The molecule has 156 valence electrons. The average molecular weight is 440 g/mol. The van der Waals surface area contributed by atoms with E-state index in [2.05, 4.69) is 15.5 Å². The highest BCUT2D eigenvalue weighted by atomic mass is 35.5. The topological polar surface area (TPSA) is 72.1 Å². The van der Waals surface area contributed by atoms with Gasteiger partial charge in [-0.15, -0.1) is 0 Å². The van der Waals surface area contributed by atoms with Crippen molar-refractivity contribution < 1.29 is 19.0 Å². The maximum absolute atomic E-state index is 12.5. The molecule has 29 heavy (non-hydrogen) atoms. The van der Waals surface area contributed by atoms with Crippen LogP contribution in [0.3, 0.4) is 0 Å². The van der Waals surface area contributed by atoms with E-state index in [-0.39, 0.29) is 12.5 Å². The second-order valence-electron chi connectivity index (χ2n) is 6.35. The number of nitrogens with one attached hydrogen (secondary N) is 2. The van der Waals surface area contributed by atoms with Crippen LogP contribution in [0.2, 0.25) is 10.0 Å². The van der Waals surface area contributed by atoms with E-state index >= 15 is 0 Å². The van der Waals surface area contributed by atoms with Gasteiger partial charge in [0.05, 0.1) is 56.1 Å². The first-order valence-electron chi connectivity index (χ1n) is 9.09. The zero-order valence-electron chi connectivity index (χ0n) is 16.3. The van der Waals surface area contributed by atoms with Gasteiger partial charge in [0.2, 0.25) is 5.91 Å². The van der Waals surface area contributed by atoms with Crippen LogP contribution in [0.4, 0.5) is 17.1 Å². The Labute approximate surface area is 179 Å². The van der Waals surface area contributed by atoms with E-state index in [4.69, 9.17) is 37.4 Å². The Morgan fingerprint density at radius 1 is 1.07 bits per heavy atom. The molecule has 0 aliphatic carbocycles. The smallest absolute Gasteiger partial charge is 0.243 e. The standard InChI is InChI=1S/C20H23Cl2N3O4/c1-27-18-11-19(28-2)16(10-14(18)22)24-20(26)12-23-15-9-13(21)3-4-17(15)25-5-7-29-8-6-25/h3-4,9-11,23H,5-8,12H2,1-2H3,(H,24,26). The van der Waals surface area contributed by atoms with Crippen molar-refractivity contribution in [1.29, 1.82) is 0 Å². The van der Waals surface area contributed by atoms with Gasteiger partial charge in [-0.25, -0.2) is 0 Å². The summed E-state index contributed by atoms with van der Waals surface area (Å²) in [6.45, 7) is 2.94. The van der Waals surface area contributed by atoms with E-state index in [1.54, 1.807) is 12.1 Å². The number of anilines is 3. The summed E-state index contributed by atoms with van der Waals surface area (Å²) in [6.07, 6.45) is 0. The van der Waals surface area contributed by atoms with Crippen LogP contribution in [0.1, 0.15) is 0 Å². The van der Waals surface area contributed by atoms with E-state index in [1.807, 2.05) is 18.2 Å². The molecule has 1 heterocycles. The molecular weight excluding hydrogens is 417 g/mol. The van der Waals surface area contributed by atoms with Gasteiger partial charge in [-0.05, 0) is 24.3 Å². The molecule has 3 rings (SSSR count). The fourth-order valence-corrected chi connectivity index (χ4v) is 3.47. The number of carbonyl (C=O) groups is 1. The summed E-state index contributed by atoms with van der Waals surface area (Å²) in [4.78, 5) is 14.7.